The average molecular weight is 547 g/mol. The van der Waals surface area contributed by atoms with Crippen LogP contribution in [0.25, 0.3) is 0 Å². The standard InChI is InChI=1S/C21H31ClN6O.HI/c1-6-23-21(24-12-18-14(2)26-27(4)15(18)3)25-17-9-10-28(13-17)19-11-16(22)7-8-20(19)29-5;/h7-8,11,17H,6,9-10,12-13H2,1-5H3,(H2,23,24,25);1H. The number of aromatic nitrogens is 2. The number of aryl methyl sites for hydroxylation is 2. The number of aliphatic imine (C=N–C) groups is 1. The molecular weight excluding hydrogens is 515 g/mol. The van der Waals surface area contributed by atoms with Gasteiger partial charge in [0.1, 0.15) is 5.75 Å². The van der Waals surface area contributed by atoms with Crippen LogP contribution in [-0.4, -0.2) is 48.5 Å². The highest BCUT2D eigenvalue weighted by molar-refractivity contribution is 14.0. The van der Waals surface area contributed by atoms with Crippen LogP contribution >= 0.6 is 35.6 Å². The van der Waals surface area contributed by atoms with Crippen molar-refractivity contribution in [3.63, 3.8) is 0 Å². The number of rotatable bonds is 6. The minimum atomic E-state index is 0. The normalized spacial score (nSPS) is 16.4. The molecule has 0 amide bonds. The first-order chi connectivity index (χ1) is 13.9. The fraction of sp³-hybridized carbons (Fsp3) is 0.524. The Morgan fingerprint density at radius 3 is 2.77 bits per heavy atom. The van der Waals surface area contributed by atoms with Gasteiger partial charge in [-0.1, -0.05) is 11.6 Å². The highest BCUT2D eigenvalue weighted by atomic mass is 127. The van der Waals surface area contributed by atoms with E-state index < -0.39 is 0 Å². The Balaban J connectivity index is 0.00000320. The Hall–Kier alpha value is -1.68. The van der Waals surface area contributed by atoms with Crippen LogP contribution in [0.15, 0.2) is 23.2 Å². The second-order valence-electron chi connectivity index (χ2n) is 7.36. The zero-order valence-electron chi connectivity index (χ0n) is 18.3. The van der Waals surface area contributed by atoms with Gasteiger partial charge < -0.3 is 20.3 Å². The van der Waals surface area contributed by atoms with Gasteiger partial charge in [0.25, 0.3) is 0 Å². The van der Waals surface area contributed by atoms with Crippen LogP contribution in [0.4, 0.5) is 5.69 Å². The molecule has 30 heavy (non-hydrogen) atoms. The molecule has 0 spiro atoms. The molecule has 1 aliphatic heterocycles. The summed E-state index contributed by atoms with van der Waals surface area (Å²) in [5.41, 5.74) is 4.40. The maximum absolute atomic E-state index is 6.21. The van der Waals surface area contributed by atoms with Gasteiger partial charge in [-0.3, -0.25) is 4.68 Å². The third-order valence-electron chi connectivity index (χ3n) is 5.41. The van der Waals surface area contributed by atoms with E-state index in [-0.39, 0.29) is 24.0 Å². The number of methoxy groups -OCH3 is 1. The summed E-state index contributed by atoms with van der Waals surface area (Å²) in [6.45, 7) is 9.43. The molecular formula is C21H32ClIN6O. The smallest absolute Gasteiger partial charge is 0.191 e. The van der Waals surface area contributed by atoms with Crippen LogP contribution < -0.4 is 20.3 Å². The van der Waals surface area contributed by atoms with E-state index in [0.29, 0.717) is 17.6 Å². The number of anilines is 1. The summed E-state index contributed by atoms with van der Waals surface area (Å²) in [5, 5.41) is 12.1. The first kappa shape index (κ1) is 24.6. The van der Waals surface area contributed by atoms with Gasteiger partial charge in [0.05, 0.1) is 25.0 Å². The lowest BCUT2D eigenvalue weighted by Crippen LogP contribution is -2.44. The van der Waals surface area contributed by atoms with E-state index in [2.05, 4.69) is 34.5 Å². The summed E-state index contributed by atoms with van der Waals surface area (Å²) in [5.74, 6) is 1.68. The van der Waals surface area contributed by atoms with Crippen molar-refractivity contribution < 1.29 is 4.74 Å². The van der Waals surface area contributed by atoms with Gasteiger partial charge in [-0.2, -0.15) is 5.10 Å². The Morgan fingerprint density at radius 2 is 2.13 bits per heavy atom. The first-order valence-electron chi connectivity index (χ1n) is 10.0. The van der Waals surface area contributed by atoms with E-state index in [0.717, 1.165) is 54.8 Å². The Labute approximate surface area is 201 Å². The average Bonchev–Trinajstić information content (AvgIpc) is 3.25. The quantitative estimate of drug-likeness (QED) is 0.329. The van der Waals surface area contributed by atoms with E-state index in [4.69, 9.17) is 21.3 Å². The van der Waals surface area contributed by atoms with Crippen molar-refractivity contribution in [2.24, 2.45) is 12.0 Å². The molecule has 0 saturated carbocycles. The molecule has 1 aromatic heterocycles. The predicted octanol–water partition coefficient (Wildman–Crippen LogP) is 3.65. The van der Waals surface area contributed by atoms with Crippen LogP contribution in [0.5, 0.6) is 5.75 Å². The van der Waals surface area contributed by atoms with E-state index in [9.17, 15) is 0 Å². The first-order valence-corrected chi connectivity index (χ1v) is 10.4. The van der Waals surface area contributed by atoms with Crippen molar-refractivity contribution in [3.05, 3.63) is 40.2 Å². The van der Waals surface area contributed by atoms with E-state index >= 15 is 0 Å². The molecule has 2 heterocycles. The predicted molar refractivity (Wildman–Crippen MR) is 135 cm³/mol. The van der Waals surface area contributed by atoms with Gasteiger partial charge in [0.15, 0.2) is 5.96 Å². The maximum atomic E-state index is 6.21. The molecule has 1 unspecified atom stereocenters. The van der Waals surface area contributed by atoms with Crippen LogP contribution in [0.3, 0.4) is 0 Å². The molecule has 1 aliphatic rings. The summed E-state index contributed by atoms with van der Waals surface area (Å²) in [6.07, 6.45) is 1.02. The molecule has 1 atom stereocenters. The lowest BCUT2D eigenvalue weighted by molar-refractivity contribution is 0.415. The van der Waals surface area contributed by atoms with Crippen molar-refractivity contribution in [1.82, 2.24) is 20.4 Å². The molecule has 2 aromatic rings. The van der Waals surface area contributed by atoms with Gasteiger partial charge in [-0.25, -0.2) is 4.99 Å². The molecule has 9 heteroatoms. The zero-order valence-corrected chi connectivity index (χ0v) is 21.4. The number of hydrogen-bond donors (Lipinski definition) is 2. The molecule has 1 aromatic carbocycles. The third kappa shape index (κ3) is 5.72. The molecule has 1 saturated heterocycles. The monoisotopic (exact) mass is 546 g/mol. The molecule has 166 valence electrons. The minimum Gasteiger partial charge on any atom is -0.495 e. The lowest BCUT2D eigenvalue weighted by Gasteiger charge is -2.22. The summed E-state index contributed by atoms with van der Waals surface area (Å²) >= 11 is 6.21. The number of guanidine groups is 1. The van der Waals surface area contributed by atoms with Crippen molar-refractivity contribution in [3.8, 4) is 5.75 Å². The summed E-state index contributed by atoms with van der Waals surface area (Å²) < 4.78 is 7.43. The maximum Gasteiger partial charge on any atom is 0.191 e. The molecule has 0 aliphatic carbocycles. The Kier molecular flexibility index (Phi) is 9.09. The van der Waals surface area contributed by atoms with E-state index in [1.807, 2.05) is 36.9 Å². The van der Waals surface area contributed by atoms with Gasteiger partial charge in [0.2, 0.25) is 0 Å². The zero-order chi connectivity index (χ0) is 21.0. The van der Waals surface area contributed by atoms with Crippen molar-refractivity contribution in [1.29, 1.82) is 0 Å². The topological polar surface area (TPSA) is 66.7 Å². The number of hydrogen-bond acceptors (Lipinski definition) is 4. The molecule has 0 radical (unpaired) electrons. The molecule has 7 nitrogen and oxygen atoms in total. The molecule has 3 rings (SSSR count). The Bertz CT molecular complexity index is 885. The molecule has 1 fully saturated rings. The van der Waals surface area contributed by atoms with Crippen LogP contribution in [0, 0.1) is 13.8 Å². The Morgan fingerprint density at radius 1 is 1.37 bits per heavy atom. The van der Waals surface area contributed by atoms with Gasteiger partial charge in [0, 0.05) is 49.0 Å². The van der Waals surface area contributed by atoms with Crippen molar-refractivity contribution >= 4 is 47.2 Å². The van der Waals surface area contributed by atoms with Crippen LogP contribution in [0.1, 0.15) is 30.3 Å². The second-order valence-corrected chi connectivity index (χ2v) is 7.80. The van der Waals surface area contributed by atoms with Crippen molar-refractivity contribution in [2.45, 2.75) is 39.8 Å². The largest absolute Gasteiger partial charge is 0.495 e. The second kappa shape index (κ2) is 11.1. The fourth-order valence-corrected chi connectivity index (χ4v) is 3.89. The number of benzene rings is 1. The van der Waals surface area contributed by atoms with Gasteiger partial charge >= 0.3 is 0 Å². The summed E-state index contributed by atoms with van der Waals surface area (Å²) in [7, 11) is 3.66. The minimum absolute atomic E-state index is 0. The number of halogens is 2. The summed E-state index contributed by atoms with van der Waals surface area (Å²) in [6, 6.07) is 6.04. The van der Waals surface area contributed by atoms with Crippen molar-refractivity contribution in [2.75, 3.05) is 31.6 Å². The highest BCUT2D eigenvalue weighted by Crippen LogP contribution is 2.33. The fourth-order valence-electron chi connectivity index (χ4n) is 3.72. The SMILES string of the molecule is CCNC(=NCc1c(C)nn(C)c1C)NC1CCN(c2cc(Cl)ccc2OC)C1.I. The van der Waals surface area contributed by atoms with E-state index in [1.54, 1.807) is 7.11 Å². The number of nitrogens with zero attached hydrogens (tertiary/aromatic N) is 4. The van der Waals surface area contributed by atoms with E-state index in [1.165, 1.54) is 5.56 Å². The van der Waals surface area contributed by atoms with Gasteiger partial charge in [-0.05, 0) is 45.4 Å². The van der Waals surface area contributed by atoms with Gasteiger partial charge in [-0.15, -0.1) is 24.0 Å². The van der Waals surface area contributed by atoms with Crippen LogP contribution in [-0.2, 0) is 13.6 Å². The lowest BCUT2D eigenvalue weighted by atomic mass is 10.2. The highest BCUT2D eigenvalue weighted by Gasteiger charge is 2.25. The summed E-state index contributed by atoms with van der Waals surface area (Å²) in [4.78, 5) is 7.11. The molecule has 0 bridgehead atoms. The number of ether oxygens (including phenoxy) is 1. The third-order valence-corrected chi connectivity index (χ3v) is 5.64. The number of nitrogens with one attached hydrogen (secondary N) is 2. The molecule has 2 N–H and O–H groups in total. The van der Waals surface area contributed by atoms with Crippen LogP contribution in [0.2, 0.25) is 5.02 Å².